The van der Waals surface area contributed by atoms with E-state index in [1.165, 1.54) is 128 Å². The largest absolute Gasteiger partial charge is 0.374 e. The number of anilines is 2. The van der Waals surface area contributed by atoms with Gasteiger partial charge in [0.15, 0.2) is 0 Å². The molecular formula is C64H88N4O2P2. The zero-order chi connectivity index (χ0) is 47.3. The third-order valence-electron chi connectivity index (χ3n) is 27.0. The summed E-state index contributed by atoms with van der Waals surface area (Å²) in [5.41, 5.74) is 8.55. The second kappa shape index (κ2) is 15.7. The van der Waals surface area contributed by atoms with E-state index in [1.54, 1.807) is 11.4 Å². The van der Waals surface area contributed by atoms with Crippen LogP contribution in [0, 0.1) is 46.3 Å². The predicted molar refractivity (Wildman–Crippen MR) is 294 cm³/mol. The molecule has 0 spiro atoms. The van der Waals surface area contributed by atoms with Crippen LogP contribution in [0.25, 0.3) is 0 Å². The van der Waals surface area contributed by atoms with Crippen molar-refractivity contribution in [1.82, 2.24) is 9.80 Å². The fourth-order valence-electron chi connectivity index (χ4n) is 25.3. The Morgan fingerprint density at radius 3 is 1.21 bits per heavy atom. The first-order valence-corrected chi connectivity index (χ1v) is 34.5. The van der Waals surface area contributed by atoms with E-state index in [-0.39, 0.29) is 15.8 Å². The molecule has 8 heteroatoms. The Morgan fingerprint density at radius 1 is 0.375 bits per heavy atom. The lowest BCUT2D eigenvalue weighted by molar-refractivity contribution is -0.192. The van der Waals surface area contributed by atoms with Gasteiger partial charge in [0.1, 0.15) is 0 Å². The number of piperidine rings is 2. The van der Waals surface area contributed by atoms with Crippen molar-refractivity contribution in [2.75, 3.05) is 9.80 Å². The maximum Gasteiger partial charge on any atom is 0.0670 e. The highest BCUT2D eigenvalue weighted by molar-refractivity contribution is 7.61. The van der Waals surface area contributed by atoms with Crippen LogP contribution in [0.4, 0.5) is 11.4 Å². The minimum atomic E-state index is -0.223. The number of nitrogens with zero attached hydrogens (tertiary/aromatic N) is 4. The molecule has 16 aliphatic rings. The topological polar surface area (TPSA) is 31.4 Å². The van der Waals surface area contributed by atoms with Gasteiger partial charge in [0.25, 0.3) is 0 Å². The monoisotopic (exact) mass is 1010 g/mol. The van der Waals surface area contributed by atoms with Gasteiger partial charge in [-0.25, -0.2) is 0 Å². The maximum absolute atomic E-state index is 8.27. The van der Waals surface area contributed by atoms with Crippen LogP contribution in [-0.2, 0) is 9.47 Å². The van der Waals surface area contributed by atoms with E-state index in [9.17, 15) is 0 Å². The SMILES string of the molecule is CC1(C)C2CCCCC2N2C3CCCC4C3P3C5C(CC6C(CC7OC8CCC9C%10C8P8C7C6N(c6ccccc6)C6CCCC(C68)N%10C6CCCCC6C9(C)C)C5N4c4ccccc4)OC4CCC1C2C43. The van der Waals surface area contributed by atoms with E-state index in [0.717, 1.165) is 82.6 Å². The molecule has 8 saturated heterocycles. The van der Waals surface area contributed by atoms with Gasteiger partial charge in [-0.05, 0) is 173 Å². The molecule has 8 heterocycles. The van der Waals surface area contributed by atoms with Crippen molar-refractivity contribution in [2.45, 2.75) is 275 Å². The van der Waals surface area contributed by atoms with Crippen molar-refractivity contribution >= 4 is 27.2 Å². The number of hydrogen-bond acceptors (Lipinski definition) is 6. The lowest BCUT2D eigenvalue weighted by Crippen LogP contribution is -2.84. The van der Waals surface area contributed by atoms with Gasteiger partial charge in [0.2, 0.25) is 0 Å². The summed E-state index contributed by atoms with van der Waals surface area (Å²) in [6, 6.07) is 31.7. The van der Waals surface area contributed by atoms with E-state index >= 15 is 0 Å². The lowest BCUT2D eigenvalue weighted by atomic mass is 9.53. The molecule has 386 valence electrons. The van der Waals surface area contributed by atoms with Crippen molar-refractivity contribution in [3.63, 3.8) is 0 Å². The van der Waals surface area contributed by atoms with Gasteiger partial charge in [-0.2, -0.15) is 0 Å². The number of rotatable bonds is 2. The van der Waals surface area contributed by atoms with E-state index in [4.69, 9.17) is 9.47 Å². The van der Waals surface area contributed by atoms with Crippen LogP contribution in [0.5, 0.6) is 0 Å². The minimum Gasteiger partial charge on any atom is -0.374 e. The third-order valence-corrected chi connectivity index (χ3v) is 35.1. The molecule has 28 unspecified atom stereocenters. The molecule has 0 bridgehead atoms. The van der Waals surface area contributed by atoms with Gasteiger partial charge < -0.3 is 19.3 Å². The molecular weight excluding hydrogens is 919 g/mol. The summed E-state index contributed by atoms with van der Waals surface area (Å²) in [5, 5.41) is 0. The molecule has 6 nitrogen and oxygen atoms in total. The Balaban J connectivity index is 0.811. The van der Waals surface area contributed by atoms with Gasteiger partial charge in [-0.1, -0.05) is 106 Å². The maximum atomic E-state index is 8.27. The molecule has 28 atom stereocenters. The Hall–Kier alpha value is -1.26. The first-order chi connectivity index (χ1) is 35.3. The molecule has 18 rings (SSSR count). The van der Waals surface area contributed by atoms with E-state index in [2.05, 4.69) is 108 Å². The summed E-state index contributed by atoms with van der Waals surface area (Å²) in [6.45, 7) is 11.1. The molecule has 0 amide bonds. The number of para-hydroxylation sites is 2. The van der Waals surface area contributed by atoms with Crippen LogP contribution in [-0.4, -0.2) is 129 Å². The molecule has 8 aliphatic heterocycles. The molecule has 16 fully saturated rings. The zero-order valence-electron chi connectivity index (χ0n) is 44.4. The van der Waals surface area contributed by atoms with E-state index in [0.29, 0.717) is 82.6 Å². The highest BCUT2D eigenvalue weighted by Gasteiger charge is 2.77. The average molecular weight is 1010 g/mol. The van der Waals surface area contributed by atoms with Crippen LogP contribution >= 0.6 is 15.8 Å². The summed E-state index contributed by atoms with van der Waals surface area (Å²) >= 11 is 0. The number of benzene rings is 2. The molecule has 8 aliphatic carbocycles. The summed E-state index contributed by atoms with van der Waals surface area (Å²) in [5.74, 6) is 4.69. The van der Waals surface area contributed by atoms with Crippen LogP contribution in [0.2, 0.25) is 0 Å². The standard InChI is InChI=1S/C64H88N4O2P2/c1-63(2)39-21-11-13-23-43(39)67-47-27-15-25-45-57(47)71-59-49(31-29-41(63)55(59)67)69-51-33-38-37(53(61(51)71)65(45)35-17-7-5-8-18-35)34-52-62-54(38)66(36-19-9-6-10-20-36)46-26-16-28-48-58(46)72(62)60-50(70-52)32-30-42-56(60)68(48)44-24-14-12-22-40(44)64(42,3)4/h5-10,17-20,37-62H,11-16,21-34H2,1-4H3. The Kier molecular flexibility index (Phi) is 9.76. The predicted octanol–water partition coefficient (Wildman–Crippen LogP) is 12.7. The molecule has 0 radical (unpaired) electrons. The van der Waals surface area contributed by atoms with E-state index in [1.807, 2.05) is 0 Å². The summed E-state index contributed by atoms with van der Waals surface area (Å²) in [7, 11) is -0.446. The van der Waals surface area contributed by atoms with Crippen molar-refractivity contribution < 1.29 is 9.47 Å². The first kappa shape index (κ1) is 44.7. The van der Waals surface area contributed by atoms with Crippen molar-refractivity contribution in [1.29, 1.82) is 0 Å². The number of fused-ring (bicyclic) bond motifs is 9. The molecule has 8 saturated carbocycles. The van der Waals surface area contributed by atoms with Crippen LogP contribution in [0.3, 0.4) is 0 Å². The van der Waals surface area contributed by atoms with Gasteiger partial charge >= 0.3 is 0 Å². The fourth-order valence-corrected chi connectivity index (χ4v) is 35.7. The molecule has 0 N–H and O–H groups in total. The summed E-state index contributed by atoms with van der Waals surface area (Å²) in [4.78, 5) is 13.4. The normalized spacial score (nSPS) is 56.3. The smallest absolute Gasteiger partial charge is 0.0670 e. The zero-order valence-corrected chi connectivity index (χ0v) is 46.2. The van der Waals surface area contributed by atoms with Gasteiger partial charge in [-0.3, -0.25) is 9.80 Å². The highest BCUT2D eigenvalue weighted by atomic mass is 31.1. The van der Waals surface area contributed by atoms with Gasteiger partial charge in [0.05, 0.1) is 24.4 Å². The quantitative estimate of drug-likeness (QED) is 0.279. The lowest BCUT2D eigenvalue weighted by Gasteiger charge is -2.79. The number of ether oxygens (including phenoxy) is 2. The first-order valence-electron chi connectivity index (χ1n) is 31.4. The molecule has 72 heavy (non-hydrogen) atoms. The van der Waals surface area contributed by atoms with Crippen molar-refractivity contribution in [3.8, 4) is 0 Å². The second-order valence-electron chi connectivity index (χ2n) is 29.5. The van der Waals surface area contributed by atoms with Gasteiger partial charge in [-0.15, -0.1) is 0 Å². The van der Waals surface area contributed by atoms with E-state index < -0.39 is 0 Å². The summed E-state index contributed by atoms with van der Waals surface area (Å²) < 4.78 is 16.5. The molecule has 2 aromatic rings. The fraction of sp³-hybridized carbons (Fsp3) is 0.812. The minimum absolute atomic E-state index is 0.223. The van der Waals surface area contributed by atoms with Crippen molar-refractivity contribution in [2.24, 2.45) is 46.3 Å². The average Bonchev–Trinajstić information content (AvgIpc) is 3.42. The summed E-state index contributed by atoms with van der Waals surface area (Å²) in [6.07, 6.45) is 30.1. The number of hydrogen-bond donors (Lipinski definition) is 0. The van der Waals surface area contributed by atoms with Crippen LogP contribution in [0.15, 0.2) is 60.7 Å². The Morgan fingerprint density at radius 2 is 0.764 bits per heavy atom. The molecule has 2 aromatic carbocycles. The second-order valence-corrected chi connectivity index (χ2v) is 34.8. The van der Waals surface area contributed by atoms with Crippen LogP contribution in [0.1, 0.15) is 156 Å². The highest BCUT2D eigenvalue weighted by Crippen LogP contribution is 2.80. The third kappa shape index (κ3) is 5.53. The van der Waals surface area contributed by atoms with Crippen molar-refractivity contribution in [3.05, 3.63) is 60.7 Å². The van der Waals surface area contributed by atoms with Gasteiger partial charge in [0, 0.05) is 106 Å². The molecule has 0 aromatic heterocycles. The Bertz CT molecular complexity index is 2290. The Labute approximate surface area is 436 Å². The van der Waals surface area contributed by atoms with Crippen LogP contribution < -0.4 is 9.80 Å².